The molecule has 0 radical (unpaired) electrons. The van der Waals surface area contributed by atoms with Gasteiger partial charge in [-0.05, 0) is 56.3 Å². The molecule has 1 aliphatic carbocycles. The average Bonchev–Trinajstić information content (AvgIpc) is 3.21. The topological polar surface area (TPSA) is 57.7 Å². The Hall–Kier alpha value is -1.40. The fraction of sp³-hybridized carbons (Fsp3) is 0.667. The van der Waals surface area contributed by atoms with Gasteiger partial charge in [0.15, 0.2) is 9.84 Å². The molecule has 1 aromatic rings. The summed E-state index contributed by atoms with van der Waals surface area (Å²) < 4.78 is 23.3. The molecule has 0 bridgehead atoms. The summed E-state index contributed by atoms with van der Waals surface area (Å²) in [6.07, 6.45) is 10.3. The van der Waals surface area contributed by atoms with E-state index in [4.69, 9.17) is 0 Å². The molecule has 1 amide bonds. The molecule has 3 fully saturated rings. The standard InChI is InChI=1S/C21H30N2O3S/c1-27(25,26)19-10-8-17(9-11-19)16-22-14-5-12-21(22)13-15-23(20(21)24)18-6-3-2-4-7-18/h8-11,18H,2-7,12-16H2,1H3. The second-order valence-electron chi connectivity index (χ2n) is 8.51. The van der Waals surface area contributed by atoms with Crippen LogP contribution in [-0.2, 0) is 21.2 Å². The number of sulfone groups is 1. The SMILES string of the molecule is CS(=O)(=O)c1ccc(CN2CCCC23CCN(C2CCCCC2)C3=O)cc1. The van der Waals surface area contributed by atoms with Crippen LogP contribution in [0.2, 0.25) is 0 Å². The molecule has 6 heteroatoms. The van der Waals surface area contributed by atoms with Crippen molar-refractivity contribution in [1.29, 1.82) is 0 Å². The van der Waals surface area contributed by atoms with Gasteiger partial charge in [0.2, 0.25) is 5.91 Å². The number of carbonyl (C=O) groups is 1. The zero-order valence-electron chi connectivity index (χ0n) is 16.2. The Bertz CT molecular complexity index is 799. The van der Waals surface area contributed by atoms with E-state index in [1.165, 1.54) is 25.5 Å². The van der Waals surface area contributed by atoms with Crippen LogP contribution < -0.4 is 0 Å². The minimum Gasteiger partial charge on any atom is -0.338 e. The van der Waals surface area contributed by atoms with E-state index in [0.29, 0.717) is 23.4 Å². The Morgan fingerprint density at radius 2 is 1.70 bits per heavy atom. The van der Waals surface area contributed by atoms with Crippen molar-refractivity contribution in [3.05, 3.63) is 29.8 Å². The van der Waals surface area contributed by atoms with Crippen molar-refractivity contribution < 1.29 is 13.2 Å². The lowest BCUT2D eigenvalue weighted by atomic mass is 9.92. The van der Waals surface area contributed by atoms with Crippen LogP contribution in [0.3, 0.4) is 0 Å². The Kier molecular flexibility index (Phi) is 5.06. The van der Waals surface area contributed by atoms with Crippen molar-refractivity contribution in [3.63, 3.8) is 0 Å². The summed E-state index contributed by atoms with van der Waals surface area (Å²) in [5, 5.41) is 0. The van der Waals surface area contributed by atoms with Gasteiger partial charge >= 0.3 is 0 Å². The Balaban J connectivity index is 1.49. The smallest absolute Gasteiger partial charge is 0.243 e. The maximum atomic E-state index is 13.4. The minimum atomic E-state index is -3.17. The highest BCUT2D eigenvalue weighted by Crippen LogP contribution is 2.41. The van der Waals surface area contributed by atoms with Crippen LogP contribution in [0.25, 0.3) is 0 Å². The number of hydrogen-bond acceptors (Lipinski definition) is 4. The van der Waals surface area contributed by atoms with E-state index < -0.39 is 9.84 Å². The van der Waals surface area contributed by atoms with Crippen LogP contribution in [0.5, 0.6) is 0 Å². The maximum Gasteiger partial charge on any atom is 0.243 e. The van der Waals surface area contributed by atoms with E-state index >= 15 is 0 Å². The van der Waals surface area contributed by atoms with E-state index in [9.17, 15) is 13.2 Å². The largest absolute Gasteiger partial charge is 0.338 e. The first-order valence-electron chi connectivity index (χ1n) is 10.3. The van der Waals surface area contributed by atoms with Gasteiger partial charge in [-0.3, -0.25) is 9.69 Å². The predicted octanol–water partition coefficient (Wildman–Crippen LogP) is 2.99. The number of likely N-dealkylation sites (tertiary alicyclic amines) is 2. The second kappa shape index (κ2) is 7.21. The fourth-order valence-corrected chi connectivity index (χ4v) is 5.91. The van der Waals surface area contributed by atoms with Crippen LogP contribution in [0.4, 0.5) is 0 Å². The molecule has 1 saturated carbocycles. The molecule has 1 unspecified atom stereocenters. The Labute approximate surface area is 162 Å². The third kappa shape index (κ3) is 3.54. The molecular formula is C21H30N2O3S. The molecule has 4 rings (SSSR count). The van der Waals surface area contributed by atoms with Crippen molar-refractivity contribution in [2.75, 3.05) is 19.3 Å². The summed E-state index contributed by atoms with van der Waals surface area (Å²) in [5.41, 5.74) is 0.750. The molecule has 0 aromatic heterocycles. The normalized spacial score (nSPS) is 27.7. The zero-order valence-corrected chi connectivity index (χ0v) is 17.0. The van der Waals surface area contributed by atoms with E-state index in [-0.39, 0.29) is 5.54 Å². The fourth-order valence-electron chi connectivity index (χ4n) is 5.27. The average molecular weight is 391 g/mol. The van der Waals surface area contributed by atoms with Gasteiger partial charge in [-0.2, -0.15) is 0 Å². The first-order chi connectivity index (χ1) is 12.9. The highest BCUT2D eigenvalue weighted by Gasteiger charge is 2.54. The summed E-state index contributed by atoms with van der Waals surface area (Å²) in [6, 6.07) is 7.58. The quantitative estimate of drug-likeness (QED) is 0.793. The van der Waals surface area contributed by atoms with Gasteiger partial charge in [0.1, 0.15) is 5.54 Å². The molecule has 0 N–H and O–H groups in total. The van der Waals surface area contributed by atoms with Crippen LogP contribution in [-0.4, -0.2) is 55.1 Å². The number of carbonyl (C=O) groups excluding carboxylic acids is 1. The molecule has 1 atom stereocenters. The molecular weight excluding hydrogens is 360 g/mol. The van der Waals surface area contributed by atoms with Gasteiger partial charge in [0, 0.05) is 25.4 Å². The number of amides is 1. The van der Waals surface area contributed by atoms with E-state index in [1.807, 2.05) is 12.1 Å². The highest BCUT2D eigenvalue weighted by atomic mass is 32.2. The first-order valence-corrected chi connectivity index (χ1v) is 12.1. The number of nitrogens with zero attached hydrogens (tertiary/aromatic N) is 2. The van der Waals surface area contributed by atoms with E-state index in [0.717, 1.165) is 50.8 Å². The molecule has 2 aliphatic heterocycles. The van der Waals surface area contributed by atoms with Gasteiger partial charge in [0.25, 0.3) is 0 Å². The van der Waals surface area contributed by atoms with Crippen LogP contribution in [0.15, 0.2) is 29.2 Å². The maximum absolute atomic E-state index is 13.4. The van der Waals surface area contributed by atoms with E-state index in [1.54, 1.807) is 12.1 Å². The lowest BCUT2D eigenvalue weighted by Gasteiger charge is -2.36. The lowest BCUT2D eigenvalue weighted by Crippen LogP contribution is -2.51. The first kappa shape index (κ1) is 18.9. The molecule has 1 aromatic carbocycles. The van der Waals surface area contributed by atoms with Gasteiger partial charge in [-0.15, -0.1) is 0 Å². The molecule has 1 spiro atoms. The lowest BCUT2D eigenvalue weighted by molar-refractivity contribution is -0.139. The predicted molar refractivity (Wildman–Crippen MR) is 105 cm³/mol. The van der Waals surface area contributed by atoms with Crippen molar-refractivity contribution in [1.82, 2.24) is 9.80 Å². The highest BCUT2D eigenvalue weighted by molar-refractivity contribution is 7.90. The van der Waals surface area contributed by atoms with Gasteiger partial charge in [-0.1, -0.05) is 31.4 Å². The number of rotatable bonds is 4. The Morgan fingerprint density at radius 3 is 2.37 bits per heavy atom. The summed E-state index contributed by atoms with van der Waals surface area (Å²) in [4.78, 5) is 18.3. The van der Waals surface area contributed by atoms with Crippen LogP contribution in [0.1, 0.15) is 56.9 Å². The van der Waals surface area contributed by atoms with Gasteiger partial charge in [0.05, 0.1) is 4.90 Å². The molecule has 2 saturated heterocycles. The van der Waals surface area contributed by atoms with Crippen molar-refractivity contribution in [2.24, 2.45) is 0 Å². The second-order valence-corrected chi connectivity index (χ2v) is 10.5. The van der Waals surface area contributed by atoms with Crippen molar-refractivity contribution in [3.8, 4) is 0 Å². The van der Waals surface area contributed by atoms with E-state index in [2.05, 4.69) is 9.80 Å². The third-order valence-corrected chi connectivity index (χ3v) is 7.92. The molecule has 148 valence electrons. The Morgan fingerprint density at radius 1 is 1.00 bits per heavy atom. The van der Waals surface area contributed by atoms with Crippen molar-refractivity contribution >= 4 is 15.7 Å². The molecule has 2 heterocycles. The zero-order chi connectivity index (χ0) is 19.1. The monoisotopic (exact) mass is 390 g/mol. The van der Waals surface area contributed by atoms with Crippen molar-refractivity contribution in [2.45, 2.75) is 74.4 Å². The minimum absolute atomic E-state index is 0.326. The number of benzene rings is 1. The summed E-state index contributed by atoms with van der Waals surface area (Å²) in [7, 11) is -3.17. The summed E-state index contributed by atoms with van der Waals surface area (Å²) in [6.45, 7) is 2.55. The van der Waals surface area contributed by atoms with Gasteiger partial charge in [-0.25, -0.2) is 8.42 Å². The summed E-state index contributed by atoms with van der Waals surface area (Å²) >= 11 is 0. The third-order valence-electron chi connectivity index (χ3n) is 6.79. The molecule has 3 aliphatic rings. The number of hydrogen-bond donors (Lipinski definition) is 0. The molecule has 5 nitrogen and oxygen atoms in total. The van der Waals surface area contributed by atoms with Crippen LogP contribution >= 0.6 is 0 Å². The van der Waals surface area contributed by atoms with Gasteiger partial charge < -0.3 is 4.90 Å². The summed E-state index contributed by atoms with van der Waals surface area (Å²) in [5.74, 6) is 0.347. The molecule has 27 heavy (non-hydrogen) atoms. The van der Waals surface area contributed by atoms with Crippen LogP contribution in [0, 0.1) is 0 Å².